The van der Waals surface area contributed by atoms with Gasteiger partial charge in [0.05, 0.1) is 12.1 Å². The van der Waals surface area contributed by atoms with Gasteiger partial charge in [-0.15, -0.1) is 24.0 Å². The molecule has 7 heteroatoms. The molecule has 1 heterocycles. The highest BCUT2D eigenvalue weighted by Crippen LogP contribution is 2.28. The summed E-state index contributed by atoms with van der Waals surface area (Å²) in [6, 6.07) is 3.87. The second-order valence-corrected chi connectivity index (χ2v) is 5.51. The summed E-state index contributed by atoms with van der Waals surface area (Å²) in [4.78, 5) is 4.36. The van der Waals surface area contributed by atoms with E-state index in [4.69, 9.17) is 16.3 Å². The standard InChI is InChI=1S/C12H15ClIN3O.HI/c1-18-11-6-10(14)9(13)5-8(11)7-17-12-15-3-2-4-16-12;/h5-6H,2-4,7H2,1H3,(H2,15,16,17);1H. The first kappa shape index (κ1) is 17.1. The molecule has 0 amide bonds. The summed E-state index contributed by atoms with van der Waals surface area (Å²) < 4.78 is 6.35. The molecule has 1 aliphatic heterocycles. The Morgan fingerprint density at radius 2 is 2.32 bits per heavy atom. The molecular formula is C12H16ClI2N3O. The van der Waals surface area contributed by atoms with Crippen molar-refractivity contribution in [3.8, 4) is 5.75 Å². The lowest BCUT2D eigenvalue weighted by molar-refractivity contribution is 0.408. The Morgan fingerprint density at radius 3 is 2.95 bits per heavy atom. The molecule has 0 saturated heterocycles. The van der Waals surface area contributed by atoms with Gasteiger partial charge >= 0.3 is 0 Å². The third-order valence-corrected chi connectivity index (χ3v) is 4.19. The van der Waals surface area contributed by atoms with Crippen LogP contribution < -0.4 is 15.4 Å². The van der Waals surface area contributed by atoms with Gasteiger partial charge in [-0.3, -0.25) is 4.99 Å². The van der Waals surface area contributed by atoms with Gasteiger partial charge in [0.2, 0.25) is 0 Å². The van der Waals surface area contributed by atoms with Crippen LogP contribution in [0.2, 0.25) is 5.02 Å². The quantitative estimate of drug-likeness (QED) is 0.619. The zero-order chi connectivity index (χ0) is 13.0. The van der Waals surface area contributed by atoms with Gasteiger partial charge in [0.15, 0.2) is 5.96 Å². The van der Waals surface area contributed by atoms with Crippen LogP contribution in [-0.2, 0) is 6.54 Å². The van der Waals surface area contributed by atoms with Gasteiger partial charge in [0.25, 0.3) is 0 Å². The van der Waals surface area contributed by atoms with E-state index in [2.05, 4.69) is 38.2 Å². The third-order valence-electron chi connectivity index (χ3n) is 2.67. The molecule has 0 radical (unpaired) electrons. The van der Waals surface area contributed by atoms with Crippen LogP contribution >= 0.6 is 58.2 Å². The van der Waals surface area contributed by atoms with Crippen LogP contribution in [0.1, 0.15) is 12.0 Å². The maximum Gasteiger partial charge on any atom is 0.191 e. The minimum Gasteiger partial charge on any atom is -0.496 e. The average molecular weight is 508 g/mol. The SMILES string of the molecule is COc1cc(I)c(Cl)cc1CNC1=NCCCN1.I. The largest absolute Gasteiger partial charge is 0.496 e. The van der Waals surface area contributed by atoms with Crippen LogP contribution in [0.4, 0.5) is 0 Å². The number of nitrogens with one attached hydrogen (secondary N) is 2. The van der Waals surface area contributed by atoms with Crippen molar-refractivity contribution in [1.29, 1.82) is 0 Å². The second kappa shape index (κ2) is 8.35. The number of methoxy groups -OCH3 is 1. The van der Waals surface area contributed by atoms with Gasteiger partial charge in [-0.25, -0.2) is 0 Å². The Labute approximate surface area is 148 Å². The molecule has 0 saturated carbocycles. The maximum atomic E-state index is 6.13. The molecule has 0 fully saturated rings. The monoisotopic (exact) mass is 507 g/mol. The minimum atomic E-state index is 0. The van der Waals surface area contributed by atoms with E-state index >= 15 is 0 Å². The molecule has 2 rings (SSSR count). The molecule has 0 spiro atoms. The number of nitrogens with zero attached hydrogens (tertiary/aromatic N) is 1. The summed E-state index contributed by atoms with van der Waals surface area (Å²) in [5.41, 5.74) is 1.03. The Balaban J connectivity index is 0.00000180. The van der Waals surface area contributed by atoms with Crippen molar-refractivity contribution < 1.29 is 4.74 Å². The molecule has 0 unspecified atom stereocenters. The lowest BCUT2D eigenvalue weighted by Crippen LogP contribution is -2.40. The van der Waals surface area contributed by atoms with E-state index in [-0.39, 0.29) is 24.0 Å². The lowest BCUT2D eigenvalue weighted by Gasteiger charge is -2.17. The normalized spacial score (nSPS) is 13.9. The van der Waals surface area contributed by atoms with Crippen molar-refractivity contribution in [2.24, 2.45) is 4.99 Å². The number of halogens is 3. The molecule has 0 aromatic heterocycles. The summed E-state index contributed by atoms with van der Waals surface area (Å²) in [7, 11) is 1.67. The van der Waals surface area contributed by atoms with Crippen LogP contribution in [0.25, 0.3) is 0 Å². The lowest BCUT2D eigenvalue weighted by atomic mass is 10.2. The number of aliphatic imine (C=N–C) groups is 1. The molecule has 1 aromatic carbocycles. The van der Waals surface area contributed by atoms with E-state index in [1.54, 1.807) is 7.11 Å². The summed E-state index contributed by atoms with van der Waals surface area (Å²) in [6.45, 7) is 2.49. The molecule has 0 atom stereocenters. The molecule has 0 bridgehead atoms. The van der Waals surface area contributed by atoms with E-state index in [0.29, 0.717) is 6.54 Å². The molecule has 2 N–H and O–H groups in total. The van der Waals surface area contributed by atoms with Crippen molar-refractivity contribution in [3.63, 3.8) is 0 Å². The fourth-order valence-corrected chi connectivity index (χ4v) is 2.35. The van der Waals surface area contributed by atoms with Crippen molar-refractivity contribution in [2.75, 3.05) is 20.2 Å². The van der Waals surface area contributed by atoms with Gasteiger partial charge < -0.3 is 15.4 Å². The van der Waals surface area contributed by atoms with Gasteiger partial charge in [-0.05, 0) is 41.1 Å². The molecule has 4 nitrogen and oxygen atoms in total. The predicted octanol–water partition coefficient (Wildman–Crippen LogP) is 3.01. The first-order chi connectivity index (χ1) is 8.70. The summed E-state index contributed by atoms with van der Waals surface area (Å²) >= 11 is 8.32. The van der Waals surface area contributed by atoms with Gasteiger partial charge in [0, 0.05) is 28.8 Å². The van der Waals surface area contributed by atoms with E-state index in [9.17, 15) is 0 Å². The smallest absolute Gasteiger partial charge is 0.191 e. The first-order valence-corrected chi connectivity index (χ1v) is 7.20. The highest BCUT2D eigenvalue weighted by molar-refractivity contribution is 14.1. The topological polar surface area (TPSA) is 45.6 Å². The fourth-order valence-electron chi connectivity index (χ4n) is 1.73. The molecule has 106 valence electrons. The Kier molecular flexibility index (Phi) is 7.52. The summed E-state index contributed by atoms with van der Waals surface area (Å²) in [5, 5.41) is 7.22. The van der Waals surface area contributed by atoms with Crippen molar-refractivity contribution >= 4 is 64.1 Å². The van der Waals surface area contributed by atoms with Crippen molar-refractivity contribution in [3.05, 3.63) is 26.3 Å². The maximum absolute atomic E-state index is 6.13. The Bertz CT molecular complexity index is 469. The number of benzene rings is 1. The van der Waals surface area contributed by atoms with Crippen LogP contribution in [0.3, 0.4) is 0 Å². The number of hydrogen-bond donors (Lipinski definition) is 2. The number of hydrogen-bond acceptors (Lipinski definition) is 4. The highest BCUT2D eigenvalue weighted by Gasteiger charge is 2.09. The first-order valence-electron chi connectivity index (χ1n) is 5.75. The molecule has 1 aromatic rings. The Morgan fingerprint density at radius 1 is 1.53 bits per heavy atom. The van der Waals surface area contributed by atoms with Crippen LogP contribution in [0.5, 0.6) is 5.75 Å². The zero-order valence-electron chi connectivity index (χ0n) is 10.5. The Hall–Kier alpha value is 0.0400. The fraction of sp³-hybridized carbons (Fsp3) is 0.417. The zero-order valence-corrected chi connectivity index (χ0v) is 15.7. The number of rotatable bonds is 3. The minimum absolute atomic E-state index is 0. The predicted molar refractivity (Wildman–Crippen MR) is 97.9 cm³/mol. The highest BCUT2D eigenvalue weighted by atomic mass is 127. The summed E-state index contributed by atoms with van der Waals surface area (Å²) in [6.07, 6.45) is 1.09. The average Bonchev–Trinajstić information content (AvgIpc) is 2.41. The van der Waals surface area contributed by atoms with Crippen molar-refractivity contribution in [2.45, 2.75) is 13.0 Å². The molecule has 0 aliphatic carbocycles. The number of guanidine groups is 1. The van der Waals surface area contributed by atoms with Crippen molar-refractivity contribution in [1.82, 2.24) is 10.6 Å². The van der Waals surface area contributed by atoms with E-state index < -0.39 is 0 Å². The van der Waals surface area contributed by atoms with Crippen LogP contribution in [0.15, 0.2) is 17.1 Å². The summed E-state index contributed by atoms with van der Waals surface area (Å²) in [5.74, 6) is 1.69. The second-order valence-electron chi connectivity index (χ2n) is 3.94. The van der Waals surface area contributed by atoms with E-state index in [1.165, 1.54) is 0 Å². The van der Waals surface area contributed by atoms with Crippen LogP contribution in [-0.4, -0.2) is 26.2 Å². The van der Waals surface area contributed by atoms with E-state index in [0.717, 1.165) is 45.4 Å². The molecule has 19 heavy (non-hydrogen) atoms. The van der Waals surface area contributed by atoms with E-state index in [1.807, 2.05) is 12.1 Å². The van der Waals surface area contributed by atoms with Gasteiger partial charge in [-0.1, -0.05) is 11.6 Å². The van der Waals surface area contributed by atoms with Crippen LogP contribution in [0, 0.1) is 3.57 Å². The molecular weight excluding hydrogens is 491 g/mol. The third kappa shape index (κ3) is 4.82. The number of ether oxygens (including phenoxy) is 1. The van der Waals surface area contributed by atoms with Gasteiger partial charge in [0.1, 0.15) is 5.75 Å². The van der Waals surface area contributed by atoms with Gasteiger partial charge in [-0.2, -0.15) is 0 Å². The molecule has 1 aliphatic rings.